The summed E-state index contributed by atoms with van der Waals surface area (Å²) in [4.78, 5) is 13.5. The summed E-state index contributed by atoms with van der Waals surface area (Å²) in [7, 11) is 0. The van der Waals surface area contributed by atoms with E-state index in [-0.39, 0.29) is 23.1 Å². The topological polar surface area (TPSA) is 50.4 Å². The smallest absolute Gasteiger partial charge is 0.428 e. The van der Waals surface area contributed by atoms with Crippen LogP contribution in [0.25, 0.3) is 12.2 Å². The van der Waals surface area contributed by atoms with Gasteiger partial charge in [-0.05, 0) is 46.5 Å². The molecular weight excluding hydrogens is 632 g/mol. The van der Waals surface area contributed by atoms with Crippen LogP contribution in [0, 0.1) is 11.6 Å². The predicted octanol–water partition coefficient (Wildman–Crippen LogP) is 8.96. The quantitative estimate of drug-likeness (QED) is 0.125. The second-order valence-electron chi connectivity index (χ2n) is 11.2. The Morgan fingerprint density at radius 3 is 2.17 bits per heavy atom. The second kappa shape index (κ2) is 13.5. The molecule has 1 saturated carbocycles. The molecule has 5 rings (SSSR count). The highest BCUT2D eigenvalue weighted by Gasteiger charge is 2.47. The Bertz CT molecular complexity index is 1730. The molecule has 0 aliphatic heterocycles. The number of nitrogens with one attached hydrogen (secondary N) is 2. The Balaban J connectivity index is 1.67. The first-order valence-electron chi connectivity index (χ1n) is 14.4. The van der Waals surface area contributed by atoms with Gasteiger partial charge in [0.05, 0.1) is 5.54 Å². The van der Waals surface area contributed by atoms with Crippen LogP contribution in [0.1, 0.15) is 40.7 Å². The van der Waals surface area contributed by atoms with Crippen LogP contribution in [-0.2, 0) is 12.0 Å². The largest absolute Gasteiger partial charge is 0.461 e. The third-order valence-electron chi connectivity index (χ3n) is 7.68. The summed E-state index contributed by atoms with van der Waals surface area (Å²) in [5.74, 6) is -5.79. The van der Waals surface area contributed by atoms with Crippen LogP contribution < -0.4 is 15.4 Å². The lowest BCUT2D eigenvalue weighted by Crippen LogP contribution is -2.58. The number of urea groups is 1. The van der Waals surface area contributed by atoms with Crippen molar-refractivity contribution in [1.29, 1.82) is 0 Å². The molecule has 0 bridgehead atoms. The molecule has 2 N–H and O–H groups in total. The molecule has 0 aromatic heterocycles. The van der Waals surface area contributed by atoms with E-state index in [1.165, 1.54) is 18.2 Å². The van der Waals surface area contributed by atoms with E-state index < -0.39 is 66.3 Å². The molecule has 0 heterocycles. The number of halogens is 8. The maximum atomic E-state index is 15.2. The van der Waals surface area contributed by atoms with Crippen LogP contribution in [0.15, 0.2) is 97.1 Å². The molecular formula is C35H28F8N2O2. The van der Waals surface area contributed by atoms with Gasteiger partial charge in [-0.25, -0.2) is 22.4 Å². The predicted molar refractivity (Wildman–Crippen MR) is 160 cm³/mol. The molecule has 246 valence electrons. The second-order valence-corrected chi connectivity index (χ2v) is 11.2. The minimum absolute atomic E-state index is 0.0294. The molecule has 1 aliphatic rings. The molecule has 1 unspecified atom stereocenters. The number of carbonyl (C=O) groups is 1. The van der Waals surface area contributed by atoms with E-state index in [0.29, 0.717) is 11.6 Å². The lowest BCUT2D eigenvalue weighted by Gasteiger charge is -2.39. The van der Waals surface area contributed by atoms with E-state index in [0.717, 1.165) is 23.8 Å². The first kappa shape index (κ1) is 33.5. The Kier molecular flexibility index (Phi) is 9.60. The summed E-state index contributed by atoms with van der Waals surface area (Å²) >= 11 is 0. The van der Waals surface area contributed by atoms with Gasteiger partial charge in [-0.1, -0.05) is 78.9 Å². The molecule has 0 radical (unpaired) electrons. The van der Waals surface area contributed by atoms with Crippen molar-refractivity contribution in [2.24, 2.45) is 0 Å². The number of amides is 2. The number of ether oxygens (including phenoxy) is 1. The maximum absolute atomic E-state index is 15.2. The van der Waals surface area contributed by atoms with Gasteiger partial charge in [0.25, 0.3) is 5.92 Å². The zero-order chi connectivity index (χ0) is 33.8. The number of hydrogen-bond acceptors (Lipinski definition) is 2. The van der Waals surface area contributed by atoms with Crippen molar-refractivity contribution in [2.75, 3.05) is 0 Å². The van der Waals surface area contributed by atoms with Crippen molar-refractivity contribution in [1.82, 2.24) is 10.6 Å². The molecule has 4 aromatic rings. The van der Waals surface area contributed by atoms with Crippen LogP contribution in [0.3, 0.4) is 0 Å². The van der Waals surface area contributed by atoms with Crippen molar-refractivity contribution in [3.05, 3.63) is 137 Å². The Morgan fingerprint density at radius 2 is 1.53 bits per heavy atom. The van der Waals surface area contributed by atoms with E-state index >= 15 is 8.78 Å². The van der Waals surface area contributed by atoms with Crippen molar-refractivity contribution in [3.63, 3.8) is 0 Å². The van der Waals surface area contributed by atoms with Crippen LogP contribution in [0.5, 0.6) is 5.75 Å². The van der Waals surface area contributed by atoms with Crippen molar-refractivity contribution in [2.45, 2.75) is 49.3 Å². The summed E-state index contributed by atoms with van der Waals surface area (Å²) in [6.07, 6.45) is -7.61. The minimum atomic E-state index is -4.99. The van der Waals surface area contributed by atoms with Crippen molar-refractivity contribution >= 4 is 18.2 Å². The van der Waals surface area contributed by atoms with Crippen molar-refractivity contribution in [3.8, 4) is 5.75 Å². The average Bonchev–Trinajstić information content (AvgIpc) is 3.00. The van der Waals surface area contributed by atoms with E-state index in [1.54, 1.807) is 66.7 Å². The van der Waals surface area contributed by atoms with Crippen molar-refractivity contribution < 1.29 is 44.7 Å². The van der Waals surface area contributed by atoms with Gasteiger partial charge in [0.1, 0.15) is 17.4 Å². The third kappa shape index (κ3) is 8.11. The summed E-state index contributed by atoms with van der Waals surface area (Å²) in [6.45, 7) is 0. The molecule has 47 heavy (non-hydrogen) atoms. The average molecular weight is 661 g/mol. The first-order valence-corrected chi connectivity index (χ1v) is 14.4. The lowest BCUT2D eigenvalue weighted by molar-refractivity contribution is -0.253. The van der Waals surface area contributed by atoms with Gasteiger partial charge in [0, 0.05) is 36.9 Å². The zero-order valence-corrected chi connectivity index (χ0v) is 24.5. The Labute approximate surface area is 265 Å². The summed E-state index contributed by atoms with van der Waals surface area (Å²) in [6, 6.07) is 21.3. The van der Waals surface area contributed by atoms with Crippen LogP contribution in [0.4, 0.5) is 39.9 Å². The van der Waals surface area contributed by atoms with Gasteiger partial charge in [-0.2, -0.15) is 17.6 Å². The Hall–Kier alpha value is -4.87. The number of alkyl halides is 6. The highest BCUT2D eigenvalue weighted by Crippen LogP contribution is 2.40. The zero-order valence-electron chi connectivity index (χ0n) is 24.5. The highest BCUT2D eigenvalue weighted by atomic mass is 19.3. The van der Waals surface area contributed by atoms with E-state index in [1.807, 2.05) is 0 Å². The van der Waals surface area contributed by atoms with E-state index in [9.17, 15) is 31.1 Å². The van der Waals surface area contributed by atoms with Gasteiger partial charge in [0.2, 0.25) is 0 Å². The highest BCUT2D eigenvalue weighted by molar-refractivity contribution is 5.77. The summed E-state index contributed by atoms with van der Waals surface area (Å²) in [5, 5.41) is 5.14. The van der Waals surface area contributed by atoms with Gasteiger partial charge >= 0.3 is 18.6 Å². The normalized spacial score (nSPS) is 16.0. The maximum Gasteiger partial charge on any atom is 0.461 e. The monoisotopic (exact) mass is 660 g/mol. The van der Waals surface area contributed by atoms with E-state index in [4.69, 9.17) is 0 Å². The molecule has 4 nitrogen and oxygen atoms in total. The molecule has 1 aliphatic carbocycles. The van der Waals surface area contributed by atoms with Gasteiger partial charge in [0.15, 0.2) is 0 Å². The molecule has 2 amide bonds. The van der Waals surface area contributed by atoms with Gasteiger partial charge in [-0.3, -0.25) is 0 Å². The molecule has 1 atom stereocenters. The number of carbonyl (C=O) groups excluding carboxylic acids is 1. The fraction of sp³-hybridized carbons (Fsp3) is 0.229. The number of hydrogen-bond donors (Lipinski definition) is 2. The van der Waals surface area contributed by atoms with Gasteiger partial charge in [-0.15, -0.1) is 0 Å². The minimum Gasteiger partial charge on any atom is -0.428 e. The summed E-state index contributed by atoms with van der Waals surface area (Å²) < 4.78 is 116. The molecule has 1 fully saturated rings. The SMILES string of the molecule is O=C(NC1CC(F)(F)C1)NC(Cc1ccccc1)(c1cc(F)cc(OC(F)(F)C(F)F)c1)c1ccc(F)c(/C=C/c2ccccc2)c1. The van der Waals surface area contributed by atoms with E-state index in [2.05, 4.69) is 15.4 Å². The van der Waals surface area contributed by atoms with Crippen LogP contribution in [-0.4, -0.2) is 30.5 Å². The summed E-state index contributed by atoms with van der Waals surface area (Å²) in [5.41, 5.74) is -0.738. The lowest BCUT2D eigenvalue weighted by atomic mass is 9.77. The van der Waals surface area contributed by atoms with Gasteiger partial charge < -0.3 is 15.4 Å². The molecule has 0 spiro atoms. The molecule has 4 aromatic carbocycles. The third-order valence-corrected chi connectivity index (χ3v) is 7.68. The molecule has 12 heteroatoms. The Morgan fingerprint density at radius 1 is 0.872 bits per heavy atom. The fourth-order valence-corrected chi connectivity index (χ4v) is 5.40. The number of benzene rings is 4. The molecule has 0 saturated heterocycles. The van der Waals surface area contributed by atoms with Crippen LogP contribution in [0.2, 0.25) is 0 Å². The fourth-order valence-electron chi connectivity index (χ4n) is 5.40. The first-order chi connectivity index (χ1) is 22.2. The standard InChI is InChI=1S/C35H28F8N2O2/c36-27-16-26(17-29(18-27)47-35(42,43)31(38)39)34(19-23-9-5-2-6-10-23,45-32(46)44-28-20-33(40,41)21-28)25-13-14-30(37)24(15-25)12-11-22-7-3-1-4-8-22/h1-18,28,31H,19-21H2,(H2,44,45,46)/b12-11+. The van der Waals surface area contributed by atoms with Crippen LogP contribution >= 0.6 is 0 Å². The number of rotatable bonds is 11.